The zero-order chi connectivity index (χ0) is 20.6. The van der Waals surface area contributed by atoms with Crippen LogP contribution >= 0.6 is 11.6 Å². The Morgan fingerprint density at radius 3 is 2.87 bits per heavy atom. The monoisotopic (exact) mass is 427 g/mol. The van der Waals surface area contributed by atoms with Crippen LogP contribution in [0.1, 0.15) is 12.8 Å². The SMILES string of the molecule is O=C(Cn1cnnn1)N1CCC2(CC1)CN(c1ccnc3ccc(Cl)cc13)CCO2. The van der Waals surface area contributed by atoms with Crippen molar-refractivity contribution in [3.63, 3.8) is 0 Å². The molecule has 0 aliphatic carbocycles. The number of hydrogen-bond donors (Lipinski definition) is 0. The molecule has 0 unspecified atom stereocenters. The van der Waals surface area contributed by atoms with Gasteiger partial charge in [-0.05, 0) is 47.5 Å². The van der Waals surface area contributed by atoms with Crippen molar-refractivity contribution in [2.45, 2.75) is 25.0 Å². The lowest BCUT2D eigenvalue weighted by Crippen LogP contribution is -2.58. The topological polar surface area (TPSA) is 89.3 Å². The molecule has 2 saturated heterocycles. The molecule has 5 rings (SSSR count). The molecule has 3 aromatic rings. The van der Waals surface area contributed by atoms with Gasteiger partial charge in [0.15, 0.2) is 0 Å². The number of tetrazole rings is 1. The summed E-state index contributed by atoms with van der Waals surface area (Å²) >= 11 is 6.25. The van der Waals surface area contributed by atoms with Crippen LogP contribution in [-0.4, -0.2) is 74.4 Å². The lowest BCUT2D eigenvalue weighted by Gasteiger charge is -2.48. The molecule has 2 aliphatic heterocycles. The van der Waals surface area contributed by atoms with Gasteiger partial charge in [0.1, 0.15) is 12.9 Å². The van der Waals surface area contributed by atoms with E-state index in [-0.39, 0.29) is 18.1 Å². The minimum atomic E-state index is -0.252. The van der Waals surface area contributed by atoms with Crippen LogP contribution in [0.5, 0.6) is 0 Å². The summed E-state index contributed by atoms with van der Waals surface area (Å²) in [6.07, 6.45) is 4.90. The number of carbonyl (C=O) groups is 1. The van der Waals surface area contributed by atoms with E-state index >= 15 is 0 Å². The smallest absolute Gasteiger partial charge is 0.244 e. The predicted molar refractivity (Wildman–Crippen MR) is 111 cm³/mol. The number of aromatic nitrogens is 5. The Hall–Kier alpha value is -2.78. The number of ether oxygens (including phenoxy) is 1. The quantitative estimate of drug-likeness (QED) is 0.629. The van der Waals surface area contributed by atoms with E-state index in [1.165, 1.54) is 11.0 Å². The Bertz CT molecular complexity index is 1050. The molecule has 2 aromatic heterocycles. The molecule has 2 aliphatic rings. The summed E-state index contributed by atoms with van der Waals surface area (Å²) in [6.45, 7) is 3.75. The molecule has 9 nitrogen and oxygen atoms in total. The highest BCUT2D eigenvalue weighted by Crippen LogP contribution is 2.35. The lowest BCUT2D eigenvalue weighted by atomic mass is 9.89. The predicted octanol–water partition coefficient (Wildman–Crippen LogP) is 1.77. The molecule has 156 valence electrons. The number of fused-ring (bicyclic) bond motifs is 1. The van der Waals surface area contributed by atoms with Crippen LogP contribution < -0.4 is 4.90 Å². The Kier molecular flexibility index (Phi) is 5.00. The minimum absolute atomic E-state index is 0.0274. The molecular formula is C20H22ClN7O2. The van der Waals surface area contributed by atoms with Gasteiger partial charge in [-0.3, -0.25) is 9.78 Å². The van der Waals surface area contributed by atoms with Gasteiger partial charge in [-0.1, -0.05) is 11.6 Å². The van der Waals surface area contributed by atoms with E-state index in [1.807, 2.05) is 35.4 Å². The minimum Gasteiger partial charge on any atom is -0.371 e. The van der Waals surface area contributed by atoms with Gasteiger partial charge in [-0.15, -0.1) is 5.10 Å². The molecule has 0 radical (unpaired) electrons. The Balaban J connectivity index is 1.29. The zero-order valence-electron chi connectivity index (χ0n) is 16.4. The highest BCUT2D eigenvalue weighted by Gasteiger charge is 2.41. The maximum Gasteiger partial charge on any atom is 0.244 e. The first kappa shape index (κ1) is 19.2. The van der Waals surface area contributed by atoms with Crippen molar-refractivity contribution in [3.8, 4) is 0 Å². The summed E-state index contributed by atoms with van der Waals surface area (Å²) < 4.78 is 7.72. The van der Waals surface area contributed by atoms with Gasteiger partial charge in [0.05, 0.1) is 17.7 Å². The number of piperidine rings is 1. The van der Waals surface area contributed by atoms with E-state index in [2.05, 4.69) is 25.4 Å². The largest absolute Gasteiger partial charge is 0.371 e. The summed E-state index contributed by atoms with van der Waals surface area (Å²) in [5, 5.41) is 12.7. The van der Waals surface area contributed by atoms with Crippen molar-refractivity contribution < 1.29 is 9.53 Å². The number of halogens is 1. The summed E-state index contributed by atoms with van der Waals surface area (Å²) in [6, 6.07) is 7.83. The molecule has 1 aromatic carbocycles. The average molecular weight is 428 g/mol. The molecule has 2 fully saturated rings. The van der Waals surface area contributed by atoms with Gasteiger partial charge in [0.25, 0.3) is 0 Å². The first-order chi connectivity index (χ1) is 14.6. The number of hydrogen-bond acceptors (Lipinski definition) is 7. The third-order valence-corrected chi connectivity index (χ3v) is 6.22. The number of amides is 1. The molecule has 0 N–H and O–H groups in total. The number of benzene rings is 1. The van der Waals surface area contributed by atoms with E-state index in [0.29, 0.717) is 24.7 Å². The second kappa shape index (κ2) is 7.81. The van der Waals surface area contributed by atoms with Gasteiger partial charge in [0, 0.05) is 48.5 Å². The fourth-order valence-corrected chi connectivity index (χ4v) is 4.56. The van der Waals surface area contributed by atoms with Crippen molar-refractivity contribution in [3.05, 3.63) is 41.8 Å². The van der Waals surface area contributed by atoms with Gasteiger partial charge in [-0.2, -0.15) is 0 Å². The normalized spacial score (nSPS) is 18.8. The van der Waals surface area contributed by atoms with Gasteiger partial charge >= 0.3 is 0 Å². The summed E-state index contributed by atoms with van der Waals surface area (Å²) in [5.74, 6) is 0.0274. The molecular weight excluding hydrogens is 406 g/mol. The summed E-state index contributed by atoms with van der Waals surface area (Å²) in [7, 11) is 0. The Morgan fingerprint density at radius 1 is 1.20 bits per heavy atom. The number of morpholine rings is 1. The molecule has 1 amide bonds. The van der Waals surface area contributed by atoms with Crippen molar-refractivity contribution in [1.29, 1.82) is 0 Å². The highest BCUT2D eigenvalue weighted by atomic mass is 35.5. The third-order valence-electron chi connectivity index (χ3n) is 5.99. The molecule has 4 heterocycles. The van der Waals surface area contributed by atoms with E-state index in [9.17, 15) is 4.79 Å². The van der Waals surface area contributed by atoms with Crippen LogP contribution in [0, 0.1) is 0 Å². The van der Waals surface area contributed by atoms with Crippen LogP contribution in [-0.2, 0) is 16.1 Å². The van der Waals surface area contributed by atoms with Crippen molar-refractivity contribution >= 4 is 34.1 Å². The number of likely N-dealkylation sites (tertiary alicyclic amines) is 1. The zero-order valence-corrected chi connectivity index (χ0v) is 17.2. The van der Waals surface area contributed by atoms with Gasteiger partial charge in [-0.25, -0.2) is 4.68 Å². The average Bonchev–Trinajstić information content (AvgIpc) is 3.27. The lowest BCUT2D eigenvalue weighted by molar-refractivity contribution is -0.140. The second-order valence-corrected chi connectivity index (χ2v) is 8.27. The summed E-state index contributed by atoms with van der Waals surface area (Å²) in [4.78, 5) is 21.2. The fourth-order valence-electron chi connectivity index (χ4n) is 4.39. The van der Waals surface area contributed by atoms with Crippen LogP contribution in [0.15, 0.2) is 36.8 Å². The molecule has 1 spiro atoms. The van der Waals surface area contributed by atoms with Crippen molar-refractivity contribution in [1.82, 2.24) is 30.1 Å². The van der Waals surface area contributed by atoms with Gasteiger partial charge in [0.2, 0.25) is 5.91 Å². The number of carbonyl (C=O) groups excluding carboxylic acids is 1. The third kappa shape index (κ3) is 3.70. The number of anilines is 1. The summed E-state index contributed by atoms with van der Waals surface area (Å²) in [5.41, 5.74) is 1.81. The first-order valence-corrected chi connectivity index (χ1v) is 10.4. The molecule has 0 saturated carbocycles. The molecule has 0 bridgehead atoms. The second-order valence-electron chi connectivity index (χ2n) is 7.83. The van der Waals surface area contributed by atoms with E-state index < -0.39 is 0 Å². The standard InChI is InChI=1S/C20H22ClN7O2/c21-15-1-2-17-16(11-15)18(3-6-22-17)27-9-10-30-20(13-27)4-7-26(8-5-20)19(29)12-28-14-23-24-25-28/h1-3,6,11,14H,4-5,7-10,12-13H2. The van der Waals surface area contributed by atoms with E-state index in [4.69, 9.17) is 16.3 Å². The van der Waals surface area contributed by atoms with E-state index in [1.54, 1.807) is 0 Å². The fraction of sp³-hybridized carbons (Fsp3) is 0.450. The van der Waals surface area contributed by atoms with Crippen molar-refractivity contribution in [2.75, 3.05) is 37.7 Å². The van der Waals surface area contributed by atoms with Crippen LogP contribution in [0.4, 0.5) is 5.69 Å². The Morgan fingerprint density at radius 2 is 2.07 bits per heavy atom. The molecule has 30 heavy (non-hydrogen) atoms. The van der Waals surface area contributed by atoms with Crippen LogP contribution in [0.2, 0.25) is 5.02 Å². The Labute approximate surface area is 178 Å². The maximum atomic E-state index is 12.5. The number of pyridine rings is 1. The molecule has 10 heteroatoms. The van der Waals surface area contributed by atoms with Gasteiger partial charge < -0.3 is 14.5 Å². The number of nitrogens with zero attached hydrogens (tertiary/aromatic N) is 7. The first-order valence-electron chi connectivity index (χ1n) is 10.0. The van der Waals surface area contributed by atoms with Crippen LogP contribution in [0.3, 0.4) is 0 Å². The molecule has 0 atom stereocenters. The van der Waals surface area contributed by atoms with Crippen molar-refractivity contribution in [2.24, 2.45) is 0 Å². The number of rotatable bonds is 3. The van der Waals surface area contributed by atoms with Crippen LogP contribution in [0.25, 0.3) is 10.9 Å². The maximum absolute atomic E-state index is 12.5. The van der Waals surface area contributed by atoms with E-state index in [0.717, 1.165) is 42.5 Å². The highest BCUT2D eigenvalue weighted by molar-refractivity contribution is 6.31.